The molecule has 0 saturated heterocycles. The lowest BCUT2D eigenvalue weighted by Gasteiger charge is -2.19. The van der Waals surface area contributed by atoms with Crippen LogP contribution in [-0.2, 0) is 0 Å². The third-order valence-electron chi connectivity index (χ3n) is 2.99. The predicted octanol–water partition coefficient (Wildman–Crippen LogP) is 3.27. The lowest BCUT2D eigenvalue weighted by molar-refractivity contribution is 0.102. The lowest BCUT2D eigenvalue weighted by atomic mass is 10.3. The maximum absolute atomic E-state index is 12.0. The zero-order valence-corrected chi connectivity index (χ0v) is 13.1. The first-order valence-corrected chi connectivity index (χ1v) is 7.29. The van der Waals surface area contributed by atoms with Crippen molar-refractivity contribution < 1.29 is 4.79 Å². The molecule has 0 atom stereocenters. The Bertz CT molecular complexity index is 575. The van der Waals surface area contributed by atoms with Crippen molar-refractivity contribution >= 4 is 33.3 Å². The van der Waals surface area contributed by atoms with Crippen molar-refractivity contribution in [3.63, 3.8) is 0 Å². The van der Waals surface area contributed by atoms with Gasteiger partial charge in [0.2, 0.25) is 0 Å². The van der Waals surface area contributed by atoms with Crippen molar-refractivity contribution in [2.45, 2.75) is 13.8 Å². The number of amides is 1. The van der Waals surface area contributed by atoms with Gasteiger partial charge < -0.3 is 15.2 Å². The van der Waals surface area contributed by atoms with Crippen LogP contribution in [0.3, 0.4) is 0 Å². The number of nitrogens with zero attached hydrogens (tertiary/aromatic N) is 2. The van der Waals surface area contributed by atoms with Crippen LogP contribution >= 0.6 is 15.9 Å². The quantitative estimate of drug-likeness (QED) is 0.880. The molecule has 20 heavy (non-hydrogen) atoms. The maximum atomic E-state index is 12.0. The minimum atomic E-state index is -0.187. The van der Waals surface area contributed by atoms with Gasteiger partial charge in [0.1, 0.15) is 11.5 Å². The molecule has 2 rings (SSSR count). The van der Waals surface area contributed by atoms with Gasteiger partial charge in [-0.1, -0.05) is 0 Å². The van der Waals surface area contributed by atoms with Crippen molar-refractivity contribution in [3.05, 3.63) is 40.8 Å². The Balaban J connectivity index is 2.05. The Morgan fingerprint density at radius 3 is 2.65 bits per heavy atom. The van der Waals surface area contributed by atoms with E-state index in [1.807, 2.05) is 12.1 Å². The van der Waals surface area contributed by atoms with E-state index >= 15 is 0 Å². The number of aromatic amines is 1. The molecule has 2 N–H and O–H groups in total. The lowest BCUT2D eigenvalue weighted by Crippen LogP contribution is -2.22. The summed E-state index contributed by atoms with van der Waals surface area (Å²) < 4.78 is 0.845. The molecule has 2 aromatic rings. The van der Waals surface area contributed by atoms with Crippen molar-refractivity contribution in [2.75, 3.05) is 23.3 Å². The average molecular weight is 337 g/mol. The smallest absolute Gasteiger partial charge is 0.272 e. The first kappa shape index (κ1) is 14.6. The molecule has 0 aliphatic carbocycles. The van der Waals surface area contributed by atoms with Crippen LogP contribution < -0.4 is 10.2 Å². The number of pyridine rings is 1. The molecule has 1 amide bonds. The van der Waals surface area contributed by atoms with Crippen molar-refractivity contribution in [3.8, 4) is 0 Å². The van der Waals surface area contributed by atoms with E-state index in [4.69, 9.17) is 0 Å². The summed E-state index contributed by atoms with van der Waals surface area (Å²) in [5.41, 5.74) is 1.18. The fraction of sp³-hybridized carbons (Fsp3) is 0.286. The van der Waals surface area contributed by atoms with Gasteiger partial charge in [0.15, 0.2) is 0 Å². The average Bonchev–Trinajstić information content (AvgIpc) is 2.89. The van der Waals surface area contributed by atoms with E-state index in [-0.39, 0.29) is 5.91 Å². The van der Waals surface area contributed by atoms with Crippen LogP contribution in [0.15, 0.2) is 35.1 Å². The largest absolute Gasteiger partial charge is 0.357 e. The number of carbonyl (C=O) groups is 1. The molecule has 0 unspecified atom stereocenters. The minimum absolute atomic E-state index is 0.187. The minimum Gasteiger partial charge on any atom is -0.357 e. The summed E-state index contributed by atoms with van der Waals surface area (Å²) in [5.74, 6) is 0.726. The zero-order chi connectivity index (χ0) is 14.5. The second-order valence-electron chi connectivity index (χ2n) is 4.26. The first-order chi connectivity index (χ1) is 9.63. The first-order valence-electron chi connectivity index (χ1n) is 6.50. The van der Waals surface area contributed by atoms with Crippen molar-refractivity contribution in [1.82, 2.24) is 9.97 Å². The van der Waals surface area contributed by atoms with Gasteiger partial charge in [-0.25, -0.2) is 4.98 Å². The Hall–Kier alpha value is -1.82. The van der Waals surface area contributed by atoms with Crippen LogP contribution in [0, 0.1) is 0 Å². The van der Waals surface area contributed by atoms with Gasteiger partial charge in [-0.05, 0) is 48.0 Å². The number of rotatable bonds is 5. The monoisotopic (exact) mass is 336 g/mol. The molecule has 6 heteroatoms. The molecule has 0 bridgehead atoms. The second kappa shape index (κ2) is 6.56. The highest BCUT2D eigenvalue weighted by atomic mass is 79.9. The number of anilines is 2. The molecule has 106 valence electrons. The molecule has 0 aliphatic heterocycles. The van der Waals surface area contributed by atoms with Crippen LogP contribution in [0.1, 0.15) is 24.3 Å². The number of aromatic nitrogens is 2. The molecule has 2 aromatic heterocycles. The number of hydrogen-bond donors (Lipinski definition) is 2. The summed E-state index contributed by atoms with van der Waals surface area (Å²) in [7, 11) is 0. The van der Waals surface area contributed by atoms with Gasteiger partial charge in [0.05, 0.1) is 11.9 Å². The predicted molar refractivity (Wildman–Crippen MR) is 84.2 cm³/mol. The van der Waals surface area contributed by atoms with E-state index < -0.39 is 0 Å². The highest BCUT2D eigenvalue weighted by molar-refractivity contribution is 9.10. The van der Waals surface area contributed by atoms with E-state index in [9.17, 15) is 4.79 Å². The van der Waals surface area contributed by atoms with E-state index in [0.29, 0.717) is 11.4 Å². The third-order valence-corrected chi connectivity index (χ3v) is 3.44. The van der Waals surface area contributed by atoms with Gasteiger partial charge in [0.25, 0.3) is 5.91 Å². The second-order valence-corrected chi connectivity index (χ2v) is 5.18. The maximum Gasteiger partial charge on any atom is 0.272 e. The normalized spacial score (nSPS) is 10.3. The van der Waals surface area contributed by atoms with Gasteiger partial charge in [0, 0.05) is 23.8 Å². The van der Waals surface area contributed by atoms with Crippen molar-refractivity contribution in [2.24, 2.45) is 0 Å². The third kappa shape index (κ3) is 3.39. The number of halogens is 1. The summed E-state index contributed by atoms with van der Waals surface area (Å²) in [6.07, 6.45) is 3.39. The van der Waals surface area contributed by atoms with E-state index in [2.05, 4.69) is 50.0 Å². The molecular formula is C14H17BrN4O. The summed E-state index contributed by atoms with van der Waals surface area (Å²) in [4.78, 5) is 21.4. The summed E-state index contributed by atoms with van der Waals surface area (Å²) in [6.45, 7) is 5.99. The fourth-order valence-electron chi connectivity index (χ4n) is 1.89. The Morgan fingerprint density at radius 1 is 1.40 bits per heavy atom. The van der Waals surface area contributed by atoms with Gasteiger partial charge in [-0.3, -0.25) is 4.79 Å². The molecular weight excluding hydrogens is 320 g/mol. The SMILES string of the molecule is CCN(CC)c1ccc(NC(=O)c2cc(Br)c[nH]2)cn1. The van der Waals surface area contributed by atoms with Gasteiger partial charge in [-0.15, -0.1) is 0 Å². The van der Waals surface area contributed by atoms with E-state index in [1.54, 1.807) is 18.5 Å². The number of H-pyrrole nitrogens is 1. The van der Waals surface area contributed by atoms with Crippen LogP contribution in [-0.4, -0.2) is 29.0 Å². The molecule has 0 fully saturated rings. The Kier molecular flexibility index (Phi) is 4.79. The van der Waals surface area contributed by atoms with Crippen LogP contribution in [0.25, 0.3) is 0 Å². The number of hydrogen-bond acceptors (Lipinski definition) is 3. The molecule has 0 spiro atoms. The highest BCUT2D eigenvalue weighted by Gasteiger charge is 2.09. The van der Waals surface area contributed by atoms with Crippen LogP contribution in [0.5, 0.6) is 0 Å². The zero-order valence-electron chi connectivity index (χ0n) is 11.5. The molecule has 0 saturated carbocycles. The molecule has 0 aliphatic rings. The Morgan fingerprint density at radius 2 is 2.15 bits per heavy atom. The van der Waals surface area contributed by atoms with Gasteiger partial charge >= 0.3 is 0 Å². The summed E-state index contributed by atoms with van der Waals surface area (Å²) >= 11 is 3.30. The number of carbonyl (C=O) groups excluding carboxylic acids is 1. The molecule has 0 radical (unpaired) electrons. The topological polar surface area (TPSA) is 61.0 Å². The standard InChI is InChI=1S/C14H17BrN4O/c1-3-19(4-2)13-6-5-11(9-17-13)18-14(20)12-7-10(15)8-16-12/h5-9,16H,3-4H2,1-2H3,(H,18,20). The van der Waals surface area contributed by atoms with E-state index in [0.717, 1.165) is 23.4 Å². The summed E-state index contributed by atoms with van der Waals surface area (Å²) in [5, 5.41) is 2.80. The van der Waals surface area contributed by atoms with E-state index in [1.165, 1.54) is 0 Å². The van der Waals surface area contributed by atoms with Crippen LogP contribution in [0.4, 0.5) is 11.5 Å². The molecule has 2 heterocycles. The summed E-state index contributed by atoms with van der Waals surface area (Å²) in [6, 6.07) is 5.50. The number of nitrogens with one attached hydrogen (secondary N) is 2. The highest BCUT2D eigenvalue weighted by Crippen LogP contribution is 2.16. The van der Waals surface area contributed by atoms with Crippen LogP contribution in [0.2, 0.25) is 0 Å². The van der Waals surface area contributed by atoms with Crippen molar-refractivity contribution in [1.29, 1.82) is 0 Å². The Labute approximate surface area is 126 Å². The molecule has 5 nitrogen and oxygen atoms in total. The fourth-order valence-corrected chi connectivity index (χ4v) is 2.24. The van der Waals surface area contributed by atoms with Gasteiger partial charge in [-0.2, -0.15) is 0 Å². The molecule has 0 aromatic carbocycles.